The fraction of sp³-hybridized carbons (Fsp3) is 0.250. The summed E-state index contributed by atoms with van der Waals surface area (Å²) in [5.74, 6) is -3.85. The number of alkyl halides is 3. The lowest BCUT2D eigenvalue weighted by molar-refractivity contribution is -0.0281. The van der Waals surface area contributed by atoms with Crippen molar-refractivity contribution in [2.75, 3.05) is 17.1 Å². The predicted octanol–water partition coefficient (Wildman–Crippen LogP) is 4.41. The van der Waals surface area contributed by atoms with Crippen LogP contribution in [-0.4, -0.2) is 34.2 Å². The van der Waals surface area contributed by atoms with Crippen molar-refractivity contribution in [1.29, 1.82) is 0 Å². The molecular formula is C20H19F3N2O4S3. The van der Waals surface area contributed by atoms with E-state index >= 15 is 0 Å². The van der Waals surface area contributed by atoms with Crippen LogP contribution in [0.2, 0.25) is 0 Å². The van der Waals surface area contributed by atoms with Gasteiger partial charge in [-0.3, -0.25) is 4.72 Å². The number of nitrogens with zero attached hydrogens (tertiary/aromatic N) is 1. The quantitative estimate of drug-likeness (QED) is 0.442. The molecule has 0 amide bonds. The van der Waals surface area contributed by atoms with E-state index in [2.05, 4.69) is 9.71 Å². The molecule has 3 rings (SSSR count). The number of nitrogens with one attached hydrogen (secondary N) is 1. The fourth-order valence-corrected chi connectivity index (χ4v) is 5.99. The first kappa shape index (κ1) is 24.2. The predicted molar refractivity (Wildman–Crippen MR) is 116 cm³/mol. The number of aromatic nitrogens is 1. The molecule has 3 aromatic rings. The van der Waals surface area contributed by atoms with Gasteiger partial charge in [0.2, 0.25) is 0 Å². The summed E-state index contributed by atoms with van der Waals surface area (Å²) in [5, 5.41) is 1.80. The van der Waals surface area contributed by atoms with Crippen molar-refractivity contribution < 1.29 is 30.0 Å². The Labute approximate surface area is 188 Å². The third-order valence-corrected chi connectivity index (χ3v) is 8.53. The van der Waals surface area contributed by atoms with Crippen molar-refractivity contribution in [3.8, 4) is 0 Å². The lowest BCUT2D eigenvalue weighted by Crippen LogP contribution is -2.16. The molecule has 0 saturated carbocycles. The van der Waals surface area contributed by atoms with Crippen LogP contribution in [0, 0.1) is 0 Å². The van der Waals surface area contributed by atoms with Crippen LogP contribution in [0.3, 0.4) is 0 Å². The van der Waals surface area contributed by atoms with E-state index in [4.69, 9.17) is 0 Å². The molecule has 0 spiro atoms. The molecule has 0 saturated heterocycles. The zero-order valence-electron chi connectivity index (χ0n) is 16.5. The summed E-state index contributed by atoms with van der Waals surface area (Å²) in [6.07, 6.45) is 1.80. The zero-order valence-corrected chi connectivity index (χ0v) is 19.0. The number of thiazole rings is 1. The van der Waals surface area contributed by atoms with Gasteiger partial charge in [0.1, 0.15) is 0 Å². The van der Waals surface area contributed by atoms with Crippen molar-refractivity contribution >= 4 is 36.3 Å². The van der Waals surface area contributed by atoms with Gasteiger partial charge in [0.05, 0.1) is 15.5 Å². The highest BCUT2D eigenvalue weighted by Crippen LogP contribution is 2.29. The number of hydrogen-bond acceptors (Lipinski definition) is 6. The molecule has 32 heavy (non-hydrogen) atoms. The average Bonchev–Trinajstić information content (AvgIpc) is 3.26. The second-order valence-electron chi connectivity index (χ2n) is 6.88. The number of sulfonamides is 1. The highest BCUT2D eigenvalue weighted by atomic mass is 32.2. The number of benzene rings is 2. The molecule has 0 atom stereocenters. The van der Waals surface area contributed by atoms with E-state index < -0.39 is 38.0 Å². The molecule has 0 aliphatic rings. The first-order valence-corrected chi connectivity index (χ1v) is 13.3. The van der Waals surface area contributed by atoms with Gasteiger partial charge in [-0.25, -0.2) is 26.2 Å². The van der Waals surface area contributed by atoms with Gasteiger partial charge in [0.15, 0.2) is 21.6 Å². The Hall–Kier alpha value is -2.44. The standard InChI is InChI=1S/C20H19F3N2O4S3/c21-14-20(22,23)16-5-1-3-15(13-16)4-2-12-31(26,27)17-6-8-18(9-7-17)32(28,29)25-19-24-10-11-30-19/h1,3,5-11,13H,2,4,12,14H2,(H,24,25). The molecule has 1 N–H and O–H groups in total. The number of aryl methyl sites for hydroxylation is 1. The maximum Gasteiger partial charge on any atom is 0.301 e. The molecule has 172 valence electrons. The third-order valence-electron chi connectivity index (χ3n) is 4.54. The lowest BCUT2D eigenvalue weighted by Gasteiger charge is -2.13. The highest BCUT2D eigenvalue weighted by molar-refractivity contribution is 7.93. The Morgan fingerprint density at radius 3 is 2.31 bits per heavy atom. The second-order valence-corrected chi connectivity index (χ2v) is 11.6. The van der Waals surface area contributed by atoms with Crippen LogP contribution in [0.15, 0.2) is 69.9 Å². The first-order chi connectivity index (χ1) is 15.0. The fourth-order valence-electron chi connectivity index (χ4n) is 2.89. The minimum absolute atomic E-state index is 0.0524. The molecule has 0 fully saturated rings. The van der Waals surface area contributed by atoms with Crippen LogP contribution in [0.5, 0.6) is 0 Å². The van der Waals surface area contributed by atoms with E-state index in [0.29, 0.717) is 5.56 Å². The molecule has 0 bridgehead atoms. The van der Waals surface area contributed by atoms with E-state index in [1.807, 2.05) is 0 Å². The molecule has 0 radical (unpaired) electrons. The van der Waals surface area contributed by atoms with Crippen LogP contribution in [0.1, 0.15) is 17.5 Å². The van der Waals surface area contributed by atoms with Crippen molar-refractivity contribution in [2.45, 2.75) is 28.6 Å². The minimum Gasteiger partial charge on any atom is -0.255 e. The van der Waals surface area contributed by atoms with Gasteiger partial charge < -0.3 is 0 Å². The second kappa shape index (κ2) is 9.59. The number of rotatable bonds is 10. The largest absolute Gasteiger partial charge is 0.301 e. The van der Waals surface area contributed by atoms with Gasteiger partial charge in [-0.15, -0.1) is 11.3 Å². The summed E-state index contributed by atoms with van der Waals surface area (Å²) in [6.45, 7) is -1.81. The summed E-state index contributed by atoms with van der Waals surface area (Å²) in [5.41, 5.74) is 0.0176. The van der Waals surface area contributed by atoms with Crippen molar-refractivity contribution in [2.24, 2.45) is 0 Å². The molecular weight excluding hydrogens is 485 g/mol. The molecule has 0 aliphatic carbocycles. The number of hydrogen-bond donors (Lipinski definition) is 1. The average molecular weight is 505 g/mol. The Morgan fingerprint density at radius 2 is 1.69 bits per heavy atom. The van der Waals surface area contributed by atoms with Gasteiger partial charge in [-0.1, -0.05) is 18.2 Å². The van der Waals surface area contributed by atoms with Gasteiger partial charge in [-0.2, -0.15) is 8.78 Å². The lowest BCUT2D eigenvalue weighted by atomic mass is 10.0. The van der Waals surface area contributed by atoms with Crippen molar-refractivity contribution in [3.63, 3.8) is 0 Å². The molecule has 1 aromatic heterocycles. The van der Waals surface area contributed by atoms with Crippen molar-refractivity contribution in [1.82, 2.24) is 4.98 Å². The van der Waals surface area contributed by atoms with Crippen LogP contribution in [0.25, 0.3) is 0 Å². The molecule has 0 aliphatic heterocycles. The van der Waals surface area contributed by atoms with Gasteiger partial charge in [-0.05, 0) is 48.7 Å². The summed E-state index contributed by atoms with van der Waals surface area (Å²) < 4.78 is 91.6. The Morgan fingerprint density at radius 1 is 1.00 bits per heavy atom. The summed E-state index contributed by atoms with van der Waals surface area (Å²) in [4.78, 5) is 3.67. The summed E-state index contributed by atoms with van der Waals surface area (Å²) >= 11 is 1.11. The van der Waals surface area contributed by atoms with Crippen LogP contribution >= 0.6 is 11.3 Å². The highest BCUT2D eigenvalue weighted by Gasteiger charge is 2.31. The van der Waals surface area contributed by atoms with Crippen LogP contribution < -0.4 is 4.72 Å². The third kappa shape index (κ3) is 5.87. The van der Waals surface area contributed by atoms with Gasteiger partial charge in [0, 0.05) is 17.1 Å². The normalized spacial score (nSPS) is 12.6. The monoisotopic (exact) mass is 504 g/mol. The van der Waals surface area contributed by atoms with Gasteiger partial charge in [0.25, 0.3) is 10.0 Å². The molecule has 2 aromatic carbocycles. The summed E-state index contributed by atoms with van der Waals surface area (Å²) in [6, 6.07) is 10.0. The van der Waals surface area contributed by atoms with E-state index in [1.165, 1.54) is 42.6 Å². The molecule has 6 nitrogen and oxygen atoms in total. The van der Waals surface area contributed by atoms with E-state index in [-0.39, 0.29) is 33.5 Å². The summed E-state index contributed by atoms with van der Waals surface area (Å²) in [7, 11) is -7.62. The maximum absolute atomic E-state index is 13.5. The minimum atomic E-state index is -3.90. The molecule has 0 unspecified atom stereocenters. The van der Waals surface area contributed by atoms with E-state index in [0.717, 1.165) is 17.4 Å². The SMILES string of the molecule is O=S(=O)(CCCc1cccc(C(F)(F)CF)c1)c1ccc(S(=O)(=O)Nc2nccs2)cc1. The topological polar surface area (TPSA) is 93.2 Å². The van der Waals surface area contributed by atoms with Crippen molar-refractivity contribution in [3.05, 3.63) is 71.2 Å². The zero-order chi connectivity index (χ0) is 23.4. The Balaban J connectivity index is 1.64. The van der Waals surface area contributed by atoms with E-state index in [1.54, 1.807) is 11.4 Å². The van der Waals surface area contributed by atoms with Crippen LogP contribution in [-0.2, 0) is 32.2 Å². The number of anilines is 1. The van der Waals surface area contributed by atoms with Crippen LogP contribution in [0.4, 0.5) is 18.3 Å². The number of sulfone groups is 1. The molecule has 12 heteroatoms. The smallest absolute Gasteiger partial charge is 0.255 e. The Kier molecular flexibility index (Phi) is 7.25. The van der Waals surface area contributed by atoms with Gasteiger partial charge >= 0.3 is 5.92 Å². The maximum atomic E-state index is 13.5. The number of halogens is 3. The first-order valence-electron chi connectivity index (χ1n) is 9.32. The Bertz CT molecular complexity index is 1260. The van der Waals surface area contributed by atoms with E-state index in [9.17, 15) is 30.0 Å². The molecule has 1 heterocycles.